The van der Waals surface area contributed by atoms with Crippen LogP contribution in [0.2, 0.25) is 0 Å². The molecule has 0 radical (unpaired) electrons. The van der Waals surface area contributed by atoms with Crippen molar-refractivity contribution >= 4 is 11.7 Å². The van der Waals surface area contributed by atoms with Gasteiger partial charge in [-0.2, -0.15) is 10.2 Å². The molecule has 0 amide bonds. The third kappa shape index (κ3) is 2.45. The van der Waals surface area contributed by atoms with Crippen LogP contribution in [0.15, 0.2) is 24.7 Å². The monoisotopic (exact) mass is 245 g/mol. The minimum atomic E-state index is -0.0158. The number of anilines is 1. The van der Waals surface area contributed by atoms with Gasteiger partial charge in [0.05, 0.1) is 18.0 Å². The molecule has 2 aromatic rings. The van der Waals surface area contributed by atoms with E-state index in [4.69, 9.17) is 11.1 Å². The summed E-state index contributed by atoms with van der Waals surface area (Å²) in [7, 11) is 3.75. The van der Waals surface area contributed by atoms with Gasteiger partial charge in [0, 0.05) is 32.4 Å². The third-order valence-corrected chi connectivity index (χ3v) is 2.53. The molecule has 0 bridgehead atoms. The Bertz CT molecular complexity index is 560. The smallest absolute Gasteiger partial charge is 0.162 e. The van der Waals surface area contributed by atoms with E-state index in [1.165, 1.54) is 6.20 Å². The number of hydrogen-bond donors (Lipinski definition) is 2. The topological polar surface area (TPSA) is 96.7 Å². The molecular formula is C11H15N7. The number of nitrogens with two attached hydrogens (primary N) is 1. The zero-order chi connectivity index (χ0) is 13.1. The predicted molar refractivity (Wildman–Crippen MR) is 68.4 cm³/mol. The van der Waals surface area contributed by atoms with Crippen LogP contribution in [0.3, 0.4) is 0 Å². The molecule has 7 nitrogen and oxygen atoms in total. The number of hydrogen-bond acceptors (Lipinski definition) is 5. The highest BCUT2D eigenvalue weighted by Gasteiger charge is 2.12. The lowest BCUT2D eigenvalue weighted by molar-refractivity contribution is 0.766. The zero-order valence-electron chi connectivity index (χ0n) is 10.3. The Morgan fingerprint density at radius 1 is 1.56 bits per heavy atom. The fourth-order valence-corrected chi connectivity index (χ4v) is 1.72. The summed E-state index contributed by atoms with van der Waals surface area (Å²) in [6, 6.07) is 1.68. The molecule has 3 N–H and O–H groups in total. The SMILES string of the molecule is CN(Cc1cnn(C)c1)c1nnccc1C(=N)N. The molecule has 0 spiro atoms. The molecular weight excluding hydrogens is 230 g/mol. The van der Waals surface area contributed by atoms with Gasteiger partial charge in [0.15, 0.2) is 5.82 Å². The van der Waals surface area contributed by atoms with Crippen molar-refractivity contribution in [3.63, 3.8) is 0 Å². The molecule has 0 saturated carbocycles. The molecule has 0 aliphatic heterocycles. The van der Waals surface area contributed by atoms with E-state index in [9.17, 15) is 0 Å². The number of amidine groups is 1. The fraction of sp³-hybridized carbons (Fsp3) is 0.273. The number of aryl methyl sites for hydroxylation is 1. The molecule has 0 unspecified atom stereocenters. The summed E-state index contributed by atoms with van der Waals surface area (Å²) in [6.45, 7) is 0.632. The summed E-state index contributed by atoms with van der Waals surface area (Å²) in [5, 5.41) is 19.5. The number of nitrogens with one attached hydrogen (secondary N) is 1. The maximum Gasteiger partial charge on any atom is 0.162 e. The Hall–Kier alpha value is -2.44. The molecule has 0 atom stereocenters. The largest absolute Gasteiger partial charge is 0.384 e. The Labute approximate surface area is 105 Å². The quantitative estimate of drug-likeness (QED) is 0.589. The summed E-state index contributed by atoms with van der Waals surface area (Å²) in [5.74, 6) is 0.576. The van der Waals surface area contributed by atoms with Crippen molar-refractivity contribution < 1.29 is 0 Å². The number of rotatable bonds is 4. The van der Waals surface area contributed by atoms with E-state index in [0.29, 0.717) is 17.9 Å². The second-order valence-electron chi connectivity index (χ2n) is 4.06. The molecule has 18 heavy (non-hydrogen) atoms. The van der Waals surface area contributed by atoms with Gasteiger partial charge < -0.3 is 10.6 Å². The van der Waals surface area contributed by atoms with Gasteiger partial charge in [0.1, 0.15) is 5.84 Å². The Balaban J connectivity index is 2.23. The Morgan fingerprint density at radius 2 is 2.33 bits per heavy atom. The average Bonchev–Trinajstić information content (AvgIpc) is 2.74. The minimum Gasteiger partial charge on any atom is -0.384 e. The predicted octanol–water partition coefficient (Wildman–Crippen LogP) is 0.131. The van der Waals surface area contributed by atoms with E-state index in [-0.39, 0.29) is 5.84 Å². The van der Waals surface area contributed by atoms with Crippen LogP contribution < -0.4 is 10.6 Å². The minimum absolute atomic E-state index is 0.0158. The summed E-state index contributed by atoms with van der Waals surface area (Å²) in [5.41, 5.74) is 7.16. The number of aromatic nitrogens is 4. The van der Waals surface area contributed by atoms with Crippen LogP contribution >= 0.6 is 0 Å². The van der Waals surface area contributed by atoms with Gasteiger partial charge in [-0.3, -0.25) is 10.1 Å². The van der Waals surface area contributed by atoms with Crippen molar-refractivity contribution in [1.29, 1.82) is 5.41 Å². The van der Waals surface area contributed by atoms with Crippen molar-refractivity contribution in [3.8, 4) is 0 Å². The highest BCUT2D eigenvalue weighted by atomic mass is 15.3. The molecule has 2 rings (SSSR count). The van der Waals surface area contributed by atoms with E-state index >= 15 is 0 Å². The first-order chi connectivity index (χ1) is 8.58. The fourth-order valence-electron chi connectivity index (χ4n) is 1.72. The lowest BCUT2D eigenvalue weighted by Crippen LogP contribution is -2.23. The second kappa shape index (κ2) is 4.82. The van der Waals surface area contributed by atoms with Gasteiger partial charge in [-0.05, 0) is 6.07 Å². The zero-order valence-corrected chi connectivity index (χ0v) is 10.3. The molecule has 0 aliphatic carbocycles. The standard InChI is InChI=1S/C11H15N7/c1-17(6-8-5-15-18(2)7-8)11-9(10(12)13)3-4-14-16-11/h3-5,7H,6H2,1-2H3,(H3,12,13). The van der Waals surface area contributed by atoms with Gasteiger partial charge in [-0.1, -0.05) is 0 Å². The maximum absolute atomic E-state index is 7.52. The van der Waals surface area contributed by atoms with Crippen LogP contribution in [0.4, 0.5) is 5.82 Å². The summed E-state index contributed by atoms with van der Waals surface area (Å²) >= 11 is 0. The van der Waals surface area contributed by atoms with Crippen molar-refractivity contribution in [2.45, 2.75) is 6.54 Å². The van der Waals surface area contributed by atoms with E-state index in [1.54, 1.807) is 16.9 Å². The molecule has 7 heteroatoms. The number of nitrogens with zero attached hydrogens (tertiary/aromatic N) is 5. The Morgan fingerprint density at radius 3 is 2.94 bits per heavy atom. The Kier molecular flexibility index (Phi) is 3.22. The molecule has 94 valence electrons. The van der Waals surface area contributed by atoms with Crippen LogP contribution in [0.5, 0.6) is 0 Å². The highest BCUT2D eigenvalue weighted by Crippen LogP contribution is 2.16. The van der Waals surface area contributed by atoms with Crippen molar-refractivity contribution in [3.05, 3.63) is 35.8 Å². The average molecular weight is 245 g/mol. The molecule has 0 aromatic carbocycles. The third-order valence-electron chi connectivity index (χ3n) is 2.53. The molecule has 0 fully saturated rings. The van der Waals surface area contributed by atoms with Crippen LogP contribution in [-0.2, 0) is 13.6 Å². The lowest BCUT2D eigenvalue weighted by Gasteiger charge is -2.18. The van der Waals surface area contributed by atoms with Gasteiger partial charge in [-0.25, -0.2) is 0 Å². The first kappa shape index (κ1) is 12.0. The first-order valence-corrected chi connectivity index (χ1v) is 5.42. The lowest BCUT2D eigenvalue weighted by atomic mass is 10.2. The highest BCUT2D eigenvalue weighted by molar-refractivity contribution is 5.99. The summed E-state index contributed by atoms with van der Waals surface area (Å²) < 4.78 is 1.74. The van der Waals surface area contributed by atoms with Gasteiger partial charge >= 0.3 is 0 Å². The van der Waals surface area contributed by atoms with Crippen molar-refractivity contribution in [2.24, 2.45) is 12.8 Å². The summed E-state index contributed by atoms with van der Waals surface area (Å²) in [6.07, 6.45) is 5.25. The van der Waals surface area contributed by atoms with Gasteiger partial charge in [-0.15, -0.1) is 5.10 Å². The van der Waals surface area contributed by atoms with E-state index < -0.39 is 0 Å². The van der Waals surface area contributed by atoms with Crippen LogP contribution in [0.1, 0.15) is 11.1 Å². The first-order valence-electron chi connectivity index (χ1n) is 5.42. The van der Waals surface area contributed by atoms with Crippen LogP contribution in [0, 0.1) is 5.41 Å². The molecule has 0 saturated heterocycles. The molecule has 0 aliphatic rings. The van der Waals surface area contributed by atoms with E-state index in [1.807, 2.05) is 25.2 Å². The van der Waals surface area contributed by atoms with Crippen LogP contribution in [-0.4, -0.2) is 32.9 Å². The van der Waals surface area contributed by atoms with Crippen LogP contribution in [0.25, 0.3) is 0 Å². The van der Waals surface area contributed by atoms with E-state index in [0.717, 1.165) is 5.56 Å². The van der Waals surface area contributed by atoms with E-state index in [2.05, 4.69) is 15.3 Å². The van der Waals surface area contributed by atoms with Gasteiger partial charge in [0.25, 0.3) is 0 Å². The van der Waals surface area contributed by atoms with Gasteiger partial charge in [0.2, 0.25) is 0 Å². The maximum atomic E-state index is 7.52. The van der Waals surface area contributed by atoms with Crippen molar-refractivity contribution in [2.75, 3.05) is 11.9 Å². The normalized spacial score (nSPS) is 10.3. The number of nitrogen functional groups attached to an aromatic ring is 1. The van der Waals surface area contributed by atoms with Crippen molar-refractivity contribution in [1.82, 2.24) is 20.0 Å². The molecule has 2 aromatic heterocycles. The second-order valence-corrected chi connectivity index (χ2v) is 4.06. The summed E-state index contributed by atoms with van der Waals surface area (Å²) in [4.78, 5) is 1.89. The molecule has 2 heterocycles.